The van der Waals surface area contributed by atoms with Gasteiger partial charge in [-0.3, -0.25) is 14.8 Å². The zero-order valence-corrected chi connectivity index (χ0v) is 16.1. The van der Waals surface area contributed by atoms with E-state index in [1.54, 1.807) is 0 Å². The third-order valence-electron chi connectivity index (χ3n) is 5.15. The Hall–Kier alpha value is -3.12. The quantitative estimate of drug-likeness (QED) is 0.746. The number of benzene rings is 1. The van der Waals surface area contributed by atoms with Crippen LogP contribution in [0.4, 0.5) is 0 Å². The normalized spacial score (nSPS) is 15.4. The first kappa shape index (κ1) is 18.3. The van der Waals surface area contributed by atoms with Gasteiger partial charge in [-0.15, -0.1) is 0 Å². The molecule has 3 aromatic rings. The summed E-state index contributed by atoms with van der Waals surface area (Å²) in [5, 5.41) is 7.21. The molecule has 6 nitrogen and oxygen atoms in total. The summed E-state index contributed by atoms with van der Waals surface area (Å²) < 4.78 is 1.99. The fraction of sp³-hybridized carbons (Fsp3) is 0.273. The van der Waals surface area contributed by atoms with E-state index in [-0.39, 0.29) is 5.91 Å². The van der Waals surface area contributed by atoms with Crippen molar-refractivity contribution in [3.05, 3.63) is 72.1 Å². The van der Waals surface area contributed by atoms with Crippen LogP contribution < -0.4 is 0 Å². The van der Waals surface area contributed by atoms with E-state index in [0.717, 1.165) is 44.1 Å². The van der Waals surface area contributed by atoms with Crippen LogP contribution in [0.2, 0.25) is 0 Å². The molecule has 28 heavy (non-hydrogen) atoms. The van der Waals surface area contributed by atoms with Gasteiger partial charge in [-0.05, 0) is 23.8 Å². The number of nitrogens with one attached hydrogen (secondary N) is 1. The highest BCUT2D eigenvalue weighted by molar-refractivity contribution is 5.93. The van der Waals surface area contributed by atoms with Crippen LogP contribution in [0.5, 0.6) is 0 Å². The van der Waals surface area contributed by atoms with Crippen LogP contribution in [0.3, 0.4) is 0 Å². The van der Waals surface area contributed by atoms with Crippen LogP contribution in [-0.4, -0.2) is 63.2 Å². The molecule has 0 radical (unpaired) electrons. The first-order valence-corrected chi connectivity index (χ1v) is 9.61. The molecule has 0 spiro atoms. The van der Waals surface area contributed by atoms with Gasteiger partial charge in [0.15, 0.2) is 0 Å². The second-order valence-corrected chi connectivity index (χ2v) is 7.08. The Bertz CT molecular complexity index is 948. The van der Waals surface area contributed by atoms with Gasteiger partial charge in [0.05, 0.1) is 5.69 Å². The minimum atomic E-state index is 0.0208. The van der Waals surface area contributed by atoms with Gasteiger partial charge in [-0.25, -0.2) is 0 Å². The number of aromatic amines is 1. The SMILES string of the molecule is Cn1cccc1-c1cc(C(=O)N2CCN(CC=Cc3ccccc3)CC2)[nH]n1. The molecule has 0 bridgehead atoms. The lowest BCUT2D eigenvalue weighted by Crippen LogP contribution is -2.48. The van der Waals surface area contributed by atoms with Gasteiger partial charge >= 0.3 is 0 Å². The van der Waals surface area contributed by atoms with Crippen molar-refractivity contribution in [3.8, 4) is 11.4 Å². The molecule has 144 valence electrons. The summed E-state index contributed by atoms with van der Waals surface area (Å²) in [5.41, 5.74) is 3.55. The minimum absolute atomic E-state index is 0.0208. The highest BCUT2D eigenvalue weighted by Crippen LogP contribution is 2.18. The molecular weight excluding hydrogens is 350 g/mol. The molecule has 1 fully saturated rings. The maximum Gasteiger partial charge on any atom is 0.271 e. The van der Waals surface area contributed by atoms with E-state index in [1.807, 2.05) is 59.1 Å². The minimum Gasteiger partial charge on any atom is -0.349 e. The Kier molecular flexibility index (Phi) is 5.39. The molecule has 6 heteroatoms. The van der Waals surface area contributed by atoms with Gasteiger partial charge < -0.3 is 9.47 Å². The number of aromatic nitrogens is 3. The third-order valence-corrected chi connectivity index (χ3v) is 5.15. The van der Waals surface area contributed by atoms with Gasteiger partial charge in [0.2, 0.25) is 0 Å². The third kappa shape index (κ3) is 4.07. The topological polar surface area (TPSA) is 57.2 Å². The van der Waals surface area contributed by atoms with Crippen LogP contribution >= 0.6 is 0 Å². The lowest BCUT2D eigenvalue weighted by molar-refractivity contribution is 0.0644. The average Bonchev–Trinajstić information content (AvgIpc) is 3.38. The number of carbonyl (C=O) groups is 1. The Labute approximate surface area is 165 Å². The zero-order valence-electron chi connectivity index (χ0n) is 16.1. The van der Waals surface area contributed by atoms with Crippen molar-refractivity contribution in [1.82, 2.24) is 24.6 Å². The molecule has 1 aliphatic rings. The van der Waals surface area contributed by atoms with Crippen molar-refractivity contribution in [2.24, 2.45) is 7.05 Å². The molecule has 1 amide bonds. The van der Waals surface area contributed by atoms with Crippen LogP contribution in [0, 0.1) is 0 Å². The van der Waals surface area contributed by atoms with E-state index < -0.39 is 0 Å². The van der Waals surface area contributed by atoms with Crippen LogP contribution in [0.15, 0.2) is 60.8 Å². The highest BCUT2D eigenvalue weighted by Gasteiger charge is 2.23. The van der Waals surface area contributed by atoms with E-state index in [0.29, 0.717) is 5.69 Å². The summed E-state index contributed by atoms with van der Waals surface area (Å²) in [6.45, 7) is 4.12. The van der Waals surface area contributed by atoms with Gasteiger partial charge in [0.25, 0.3) is 5.91 Å². The van der Waals surface area contributed by atoms with Crippen molar-refractivity contribution < 1.29 is 4.79 Å². The largest absolute Gasteiger partial charge is 0.349 e. The monoisotopic (exact) mass is 375 g/mol. The highest BCUT2D eigenvalue weighted by atomic mass is 16.2. The van der Waals surface area contributed by atoms with Crippen molar-refractivity contribution >= 4 is 12.0 Å². The van der Waals surface area contributed by atoms with Gasteiger partial charge in [-0.2, -0.15) is 5.10 Å². The maximum absolute atomic E-state index is 12.8. The predicted octanol–water partition coefficient (Wildman–Crippen LogP) is 2.89. The van der Waals surface area contributed by atoms with Crippen molar-refractivity contribution in [2.45, 2.75) is 0 Å². The first-order chi connectivity index (χ1) is 13.7. The molecule has 1 aliphatic heterocycles. The molecule has 0 unspecified atom stereocenters. The number of nitrogens with zero attached hydrogens (tertiary/aromatic N) is 4. The molecule has 3 heterocycles. The van der Waals surface area contributed by atoms with Gasteiger partial charge in [0.1, 0.15) is 11.4 Å². The number of rotatable bonds is 5. The molecule has 1 saturated heterocycles. The van der Waals surface area contributed by atoms with Crippen LogP contribution in [-0.2, 0) is 7.05 Å². The summed E-state index contributed by atoms with van der Waals surface area (Å²) in [5.74, 6) is 0.0208. The Morgan fingerprint density at radius 3 is 2.61 bits per heavy atom. The second kappa shape index (κ2) is 8.27. The predicted molar refractivity (Wildman–Crippen MR) is 111 cm³/mol. The molecule has 4 rings (SSSR count). The van der Waals surface area contributed by atoms with E-state index in [9.17, 15) is 4.79 Å². The smallest absolute Gasteiger partial charge is 0.271 e. The first-order valence-electron chi connectivity index (χ1n) is 9.61. The zero-order chi connectivity index (χ0) is 19.3. The summed E-state index contributed by atoms with van der Waals surface area (Å²) in [4.78, 5) is 17.1. The molecule has 0 aliphatic carbocycles. The molecule has 2 aromatic heterocycles. The number of hydrogen-bond acceptors (Lipinski definition) is 3. The Balaban J connectivity index is 1.30. The number of hydrogen-bond donors (Lipinski definition) is 1. The van der Waals surface area contributed by atoms with Crippen LogP contribution in [0.25, 0.3) is 17.5 Å². The van der Waals surface area contributed by atoms with E-state index in [1.165, 1.54) is 5.56 Å². The molecule has 1 aromatic carbocycles. The molecular formula is C22H25N5O. The summed E-state index contributed by atoms with van der Waals surface area (Å²) >= 11 is 0. The van der Waals surface area contributed by atoms with Crippen LogP contribution in [0.1, 0.15) is 16.1 Å². The fourth-order valence-corrected chi connectivity index (χ4v) is 3.50. The van der Waals surface area contributed by atoms with E-state index >= 15 is 0 Å². The van der Waals surface area contributed by atoms with Crippen molar-refractivity contribution in [2.75, 3.05) is 32.7 Å². The van der Waals surface area contributed by atoms with Gasteiger partial charge in [-0.1, -0.05) is 42.5 Å². The Morgan fingerprint density at radius 1 is 1.11 bits per heavy atom. The second-order valence-electron chi connectivity index (χ2n) is 7.08. The summed E-state index contributed by atoms with van der Waals surface area (Å²) in [6, 6.07) is 16.1. The molecule has 0 atom stereocenters. The lowest BCUT2D eigenvalue weighted by Gasteiger charge is -2.33. The molecule has 0 saturated carbocycles. The average molecular weight is 375 g/mol. The number of piperazine rings is 1. The number of amides is 1. The fourth-order valence-electron chi connectivity index (χ4n) is 3.50. The number of carbonyl (C=O) groups excluding carboxylic acids is 1. The summed E-state index contributed by atoms with van der Waals surface area (Å²) in [7, 11) is 1.97. The summed E-state index contributed by atoms with van der Waals surface area (Å²) in [6.07, 6.45) is 6.30. The molecule has 1 N–H and O–H groups in total. The number of aryl methyl sites for hydroxylation is 1. The van der Waals surface area contributed by atoms with E-state index in [4.69, 9.17) is 0 Å². The standard InChI is InChI=1S/C22H25N5O/c1-25-11-6-10-21(25)19-17-20(24-23-19)22(28)27-15-13-26(14-16-27)12-5-9-18-7-3-2-4-8-18/h2-11,17H,12-16H2,1H3,(H,23,24). The Morgan fingerprint density at radius 2 is 1.89 bits per heavy atom. The van der Waals surface area contributed by atoms with Gasteiger partial charge in [0, 0.05) is 46.0 Å². The number of H-pyrrole nitrogens is 1. The lowest BCUT2D eigenvalue weighted by atomic mass is 10.2. The maximum atomic E-state index is 12.8. The van der Waals surface area contributed by atoms with Crippen molar-refractivity contribution in [3.63, 3.8) is 0 Å². The van der Waals surface area contributed by atoms with E-state index in [2.05, 4.69) is 39.4 Å². The van der Waals surface area contributed by atoms with Crippen molar-refractivity contribution in [1.29, 1.82) is 0 Å².